The molecule has 0 spiro atoms. The Hall–Kier alpha value is -1.58. The second-order valence-corrected chi connectivity index (χ2v) is 5.83. The molecular formula is C16H23N3O. The van der Waals surface area contributed by atoms with E-state index in [0.29, 0.717) is 0 Å². The van der Waals surface area contributed by atoms with Gasteiger partial charge in [0.25, 0.3) is 5.91 Å². The van der Waals surface area contributed by atoms with Crippen LogP contribution in [0.1, 0.15) is 48.9 Å². The summed E-state index contributed by atoms with van der Waals surface area (Å²) in [5, 5.41) is 0. The van der Waals surface area contributed by atoms with E-state index in [4.69, 9.17) is 0 Å². The number of pyridine rings is 1. The number of likely N-dealkylation sites (tertiary alicyclic amines) is 1. The number of rotatable bonds is 2. The number of aromatic nitrogens is 1. The standard InChI is InChI=1S/C16H23N3O/c20-16(19-9-3-1-2-4-10-19)14-11-15(13-17-12-14)18-7-5-6-8-18/h11-13H,1-10H2. The second-order valence-electron chi connectivity index (χ2n) is 5.83. The van der Waals surface area contributed by atoms with Crippen molar-refractivity contribution < 1.29 is 4.79 Å². The highest BCUT2D eigenvalue weighted by Gasteiger charge is 2.19. The van der Waals surface area contributed by atoms with Gasteiger partial charge in [0.1, 0.15) is 0 Å². The fourth-order valence-electron chi connectivity index (χ4n) is 3.15. The number of carbonyl (C=O) groups excluding carboxylic acids is 1. The lowest BCUT2D eigenvalue weighted by Gasteiger charge is -2.22. The number of hydrogen-bond acceptors (Lipinski definition) is 3. The van der Waals surface area contributed by atoms with Gasteiger partial charge in [0, 0.05) is 32.4 Å². The van der Waals surface area contributed by atoms with E-state index in [2.05, 4.69) is 9.88 Å². The van der Waals surface area contributed by atoms with E-state index < -0.39 is 0 Å². The highest BCUT2D eigenvalue weighted by Crippen LogP contribution is 2.21. The quantitative estimate of drug-likeness (QED) is 0.831. The van der Waals surface area contributed by atoms with Crippen LogP contribution in [-0.4, -0.2) is 42.0 Å². The van der Waals surface area contributed by atoms with E-state index in [-0.39, 0.29) is 5.91 Å². The van der Waals surface area contributed by atoms with Crippen LogP contribution >= 0.6 is 0 Å². The first-order chi connectivity index (χ1) is 9.84. The third-order valence-electron chi connectivity index (χ3n) is 4.34. The number of nitrogens with zero attached hydrogens (tertiary/aromatic N) is 3. The Kier molecular flexibility index (Phi) is 4.19. The molecule has 2 aliphatic rings. The molecule has 0 aromatic carbocycles. The average molecular weight is 273 g/mol. The van der Waals surface area contributed by atoms with Crippen LogP contribution in [0.2, 0.25) is 0 Å². The minimum atomic E-state index is 0.153. The molecule has 4 nitrogen and oxygen atoms in total. The van der Waals surface area contributed by atoms with E-state index in [1.54, 1.807) is 6.20 Å². The summed E-state index contributed by atoms with van der Waals surface area (Å²) >= 11 is 0. The van der Waals surface area contributed by atoms with Gasteiger partial charge in [0.15, 0.2) is 0 Å². The number of carbonyl (C=O) groups is 1. The van der Waals surface area contributed by atoms with E-state index in [1.165, 1.54) is 25.7 Å². The van der Waals surface area contributed by atoms with Crippen molar-refractivity contribution in [2.75, 3.05) is 31.1 Å². The normalized spacial score (nSPS) is 20.0. The Balaban J connectivity index is 1.75. The third-order valence-corrected chi connectivity index (χ3v) is 4.34. The zero-order chi connectivity index (χ0) is 13.8. The molecule has 20 heavy (non-hydrogen) atoms. The zero-order valence-electron chi connectivity index (χ0n) is 12.1. The predicted octanol–water partition coefficient (Wildman–Crippen LogP) is 2.70. The molecule has 1 amide bonds. The van der Waals surface area contributed by atoms with Crippen LogP contribution in [-0.2, 0) is 0 Å². The molecule has 1 aromatic heterocycles. The molecule has 0 radical (unpaired) electrons. The van der Waals surface area contributed by atoms with Gasteiger partial charge in [-0.15, -0.1) is 0 Å². The number of hydrogen-bond donors (Lipinski definition) is 0. The highest BCUT2D eigenvalue weighted by molar-refractivity contribution is 5.94. The summed E-state index contributed by atoms with van der Waals surface area (Å²) in [6.07, 6.45) is 10.8. The molecule has 2 fully saturated rings. The van der Waals surface area contributed by atoms with Crippen molar-refractivity contribution in [1.29, 1.82) is 0 Å². The molecule has 108 valence electrons. The maximum Gasteiger partial charge on any atom is 0.255 e. The first kappa shape index (κ1) is 13.4. The molecule has 2 saturated heterocycles. The Morgan fingerprint density at radius 3 is 2.25 bits per heavy atom. The molecule has 3 rings (SSSR count). The Morgan fingerprint density at radius 1 is 0.900 bits per heavy atom. The van der Waals surface area contributed by atoms with Crippen LogP contribution in [0.15, 0.2) is 18.5 Å². The van der Waals surface area contributed by atoms with Gasteiger partial charge in [-0.2, -0.15) is 0 Å². The molecule has 1 aromatic rings. The minimum Gasteiger partial charge on any atom is -0.370 e. The molecule has 0 atom stereocenters. The Morgan fingerprint density at radius 2 is 1.55 bits per heavy atom. The smallest absolute Gasteiger partial charge is 0.255 e. The Labute approximate surface area is 120 Å². The van der Waals surface area contributed by atoms with Crippen LogP contribution in [0.3, 0.4) is 0 Å². The van der Waals surface area contributed by atoms with Crippen LogP contribution in [0.25, 0.3) is 0 Å². The maximum absolute atomic E-state index is 12.6. The van der Waals surface area contributed by atoms with E-state index >= 15 is 0 Å². The highest BCUT2D eigenvalue weighted by atomic mass is 16.2. The summed E-state index contributed by atoms with van der Waals surface area (Å²) in [6.45, 7) is 3.96. The SMILES string of the molecule is O=C(c1cncc(N2CCCC2)c1)N1CCCCCC1. The summed E-state index contributed by atoms with van der Waals surface area (Å²) in [5.74, 6) is 0.153. The van der Waals surface area contributed by atoms with Gasteiger partial charge in [-0.3, -0.25) is 9.78 Å². The molecule has 0 bridgehead atoms. The molecule has 0 aliphatic carbocycles. The van der Waals surface area contributed by atoms with Gasteiger partial charge >= 0.3 is 0 Å². The largest absolute Gasteiger partial charge is 0.370 e. The molecule has 4 heteroatoms. The first-order valence-electron chi connectivity index (χ1n) is 7.84. The maximum atomic E-state index is 12.6. The third kappa shape index (κ3) is 2.94. The van der Waals surface area contributed by atoms with E-state index in [9.17, 15) is 4.79 Å². The van der Waals surface area contributed by atoms with Crippen molar-refractivity contribution in [2.24, 2.45) is 0 Å². The zero-order valence-corrected chi connectivity index (χ0v) is 12.1. The van der Waals surface area contributed by atoms with Crippen LogP contribution < -0.4 is 4.90 Å². The number of anilines is 1. The van der Waals surface area contributed by atoms with Crippen molar-refractivity contribution in [3.8, 4) is 0 Å². The molecular weight excluding hydrogens is 250 g/mol. The van der Waals surface area contributed by atoms with Crippen molar-refractivity contribution in [3.63, 3.8) is 0 Å². The molecule has 3 heterocycles. The summed E-state index contributed by atoms with van der Waals surface area (Å²) in [4.78, 5) is 21.2. The number of amides is 1. The van der Waals surface area contributed by atoms with Crippen molar-refractivity contribution >= 4 is 11.6 Å². The molecule has 0 N–H and O–H groups in total. The van der Waals surface area contributed by atoms with Gasteiger partial charge in [-0.05, 0) is 31.7 Å². The fraction of sp³-hybridized carbons (Fsp3) is 0.625. The minimum absolute atomic E-state index is 0.153. The van der Waals surface area contributed by atoms with Crippen molar-refractivity contribution in [3.05, 3.63) is 24.0 Å². The van der Waals surface area contributed by atoms with Gasteiger partial charge < -0.3 is 9.80 Å². The van der Waals surface area contributed by atoms with Crippen LogP contribution in [0.5, 0.6) is 0 Å². The summed E-state index contributed by atoms with van der Waals surface area (Å²) in [5.41, 5.74) is 1.85. The first-order valence-corrected chi connectivity index (χ1v) is 7.84. The predicted molar refractivity (Wildman–Crippen MR) is 80.1 cm³/mol. The van der Waals surface area contributed by atoms with E-state index in [1.807, 2.05) is 17.2 Å². The lowest BCUT2D eigenvalue weighted by Crippen LogP contribution is -2.32. The topological polar surface area (TPSA) is 36.4 Å². The summed E-state index contributed by atoms with van der Waals surface area (Å²) in [7, 11) is 0. The van der Waals surface area contributed by atoms with Crippen LogP contribution in [0, 0.1) is 0 Å². The van der Waals surface area contributed by atoms with Gasteiger partial charge in [-0.25, -0.2) is 0 Å². The lowest BCUT2D eigenvalue weighted by atomic mass is 10.2. The van der Waals surface area contributed by atoms with Gasteiger partial charge in [0.2, 0.25) is 0 Å². The van der Waals surface area contributed by atoms with Crippen LogP contribution in [0.4, 0.5) is 5.69 Å². The van der Waals surface area contributed by atoms with Crippen molar-refractivity contribution in [1.82, 2.24) is 9.88 Å². The van der Waals surface area contributed by atoms with Gasteiger partial charge in [0.05, 0.1) is 17.4 Å². The van der Waals surface area contributed by atoms with E-state index in [0.717, 1.165) is 50.3 Å². The summed E-state index contributed by atoms with van der Waals surface area (Å²) < 4.78 is 0. The van der Waals surface area contributed by atoms with Gasteiger partial charge in [-0.1, -0.05) is 12.8 Å². The monoisotopic (exact) mass is 273 g/mol. The molecule has 0 saturated carbocycles. The average Bonchev–Trinajstić information content (AvgIpc) is 2.89. The Bertz CT molecular complexity index is 461. The lowest BCUT2D eigenvalue weighted by molar-refractivity contribution is 0.0761. The summed E-state index contributed by atoms with van der Waals surface area (Å²) in [6, 6.07) is 2.02. The molecule has 2 aliphatic heterocycles. The van der Waals surface area contributed by atoms with Crippen molar-refractivity contribution in [2.45, 2.75) is 38.5 Å². The second kappa shape index (κ2) is 6.25. The molecule has 0 unspecified atom stereocenters. The fourth-order valence-corrected chi connectivity index (χ4v) is 3.15.